The van der Waals surface area contributed by atoms with Crippen LogP contribution in [0.5, 0.6) is 5.75 Å². The third kappa shape index (κ3) is 3.36. The van der Waals surface area contributed by atoms with Crippen molar-refractivity contribution in [2.24, 2.45) is 0 Å². The van der Waals surface area contributed by atoms with E-state index >= 15 is 0 Å². The molecule has 0 bridgehead atoms. The molecule has 4 heteroatoms. The second-order valence-corrected chi connectivity index (χ2v) is 5.31. The Labute approximate surface area is 110 Å². The van der Waals surface area contributed by atoms with E-state index in [2.05, 4.69) is 15.9 Å². The SMILES string of the molecule is COC1CCCC(Oc2ccc(N)cc2Br)C1. The maximum atomic E-state index is 5.99. The van der Waals surface area contributed by atoms with Crippen LogP contribution in [0.15, 0.2) is 22.7 Å². The lowest BCUT2D eigenvalue weighted by molar-refractivity contribution is 0.0207. The average Bonchev–Trinajstić information content (AvgIpc) is 2.33. The molecule has 0 heterocycles. The lowest BCUT2D eigenvalue weighted by Crippen LogP contribution is -2.29. The molecule has 2 atom stereocenters. The van der Waals surface area contributed by atoms with Crippen LogP contribution in [0.2, 0.25) is 0 Å². The molecule has 0 spiro atoms. The van der Waals surface area contributed by atoms with Gasteiger partial charge in [0.25, 0.3) is 0 Å². The molecular formula is C13H18BrNO2. The number of hydrogen-bond acceptors (Lipinski definition) is 3. The third-order valence-electron chi connectivity index (χ3n) is 3.16. The van der Waals surface area contributed by atoms with Gasteiger partial charge in [0.1, 0.15) is 11.9 Å². The van der Waals surface area contributed by atoms with Crippen molar-refractivity contribution in [3.05, 3.63) is 22.7 Å². The van der Waals surface area contributed by atoms with Crippen molar-refractivity contribution < 1.29 is 9.47 Å². The van der Waals surface area contributed by atoms with Crippen LogP contribution in [0.25, 0.3) is 0 Å². The van der Waals surface area contributed by atoms with Crippen molar-refractivity contribution in [3.63, 3.8) is 0 Å². The molecule has 2 rings (SSSR count). The molecule has 3 nitrogen and oxygen atoms in total. The predicted octanol–water partition coefficient (Wildman–Crippen LogP) is 3.37. The minimum absolute atomic E-state index is 0.244. The Bertz CT molecular complexity index is 384. The highest BCUT2D eigenvalue weighted by Gasteiger charge is 2.23. The first-order chi connectivity index (χ1) is 8.19. The molecule has 1 aliphatic carbocycles. The van der Waals surface area contributed by atoms with E-state index in [4.69, 9.17) is 15.2 Å². The van der Waals surface area contributed by atoms with Gasteiger partial charge in [-0.05, 0) is 53.4 Å². The highest BCUT2D eigenvalue weighted by atomic mass is 79.9. The molecule has 0 amide bonds. The number of halogens is 1. The van der Waals surface area contributed by atoms with E-state index < -0.39 is 0 Å². The summed E-state index contributed by atoms with van der Waals surface area (Å²) in [5, 5.41) is 0. The van der Waals surface area contributed by atoms with Gasteiger partial charge in [-0.3, -0.25) is 0 Å². The summed E-state index contributed by atoms with van der Waals surface area (Å²) in [6, 6.07) is 5.64. The van der Waals surface area contributed by atoms with Gasteiger partial charge in [0.15, 0.2) is 0 Å². The molecule has 2 unspecified atom stereocenters. The zero-order valence-electron chi connectivity index (χ0n) is 9.99. The fraction of sp³-hybridized carbons (Fsp3) is 0.538. The number of benzene rings is 1. The summed E-state index contributed by atoms with van der Waals surface area (Å²) < 4.78 is 12.3. The Morgan fingerprint density at radius 3 is 2.76 bits per heavy atom. The van der Waals surface area contributed by atoms with E-state index in [1.54, 1.807) is 7.11 Å². The van der Waals surface area contributed by atoms with Crippen LogP contribution in [0.1, 0.15) is 25.7 Å². The predicted molar refractivity (Wildman–Crippen MR) is 72.2 cm³/mol. The maximum absolute atomic E-state index is 5.99. The number of anilines is 1. The summed E-state index contributed by atoms with van der Waals surface area (Å²) in [7, 11) is 1.77. The summed E-state index contributed by atoms with van der Waals surface area (Å²) in [5.41, 5.74) is 6.44. The molecule has 94 valence electrons. The highest BCUT2D eigenvalue weighted by molar-refractivity contribution is 9.10. The maximum Gasteiger partial charge on any atom is 0.134 e. The Balaban J connectivity index is 2.00. The van der Waals surface area contributed by atoms with Crippen molar-refractivity contribution in [3.8, 4) is 5.75 Å². The molecule has 0 saturated heterocycles. The molecule has 17 heavy (non-hydrogen) atoms. The summed E-state index contributed by atoms with van der Waals surface area (Å²) in [5.74, 6) is 0.862. The van der Waals surface area contributed by atoms with Crippen LogP contribution in [0, 0.1) is 0 Å². The molecule has 1 saturated carbocycles. The summed E-state index contributed by atoms with van der Waals surface area (Å²) in [6.45, 7) is 0. The number of ether oxygens (including phenoxy) is 2. The fourth-order valence-corrected chi connectivity index (χ4v) is 2.71. The van der Waals surface area contributed by atoms with Gasteiger partial charge in [0.05, 0.1) is 10.6 Å². The lowest BCUT2D eigenvalue weighted by Gasteiger charge is -2.29. The van der Waals surface area contributed by atoms with Crippen LogP contribution < -0.4 is 10.5 Å². The van der Waals surface area contributed by atoms with Crippen LogP contribution in [0.3, 0.4) is 0 Å². The molecule has 1 aromatic rings. The van der Waals surface area contributed by atoms with E-state index in [1.807, 2.05) is 18.2 Å². The van der Waals surface area contributed by atoms with Gasteiger partial charge in [-0.15, -0.1) is 0 Å². The minimum Gasteiger partial charge on any atom is -0.489 e. The largest absolute Gasteiger partial charge is 0.489 e. The normalized spacial score (nSPS) is 24.6. The van der Waals surface area contributed by atoms with Gasteiger partial charge < -0.3 is 15.2 Å². The van der Waals surface area contributed by atoms with Crippen LogP contribution in [0.4, 0.5) is 5.69 Å². The average molecular weight is 300 g/mol. The van der Waals surface area contributed by atoms with Gasteiger partial charge in [0.2, 0.25) is 0 Å². The number of rotatable bonds is 3. The molecule has 0 radical (unpaired) electrons. The first kappa shape index (κ1) is 12.7. The fourth-order valence-electron chi connectivity index (χ4n) is 2.22. The van der Waals surface area contributed by atoms with Crippen LogP contribution in [-0.2, 0) is 4.74 Å². The van der Waals surface area contributed by atoms with Crippen LogP contribution in [-0.4, -0.2) is 19.3 Å². The monoisotopic (exact) mass is 299 g/mol. The molecule has 1 aliphatic rings. The third-order valence-corrected chi connectivity index (χ3v) is 3.78. The van der Waals surface area contributed by atoms with Crippen molar-refractivity contribution in [1.82, 2.24) is 0 Å². The number of methoxy groups -OCH3 is 1. The topological polar surface area (TPSA) is 44.5 Å². The summed E-state index contributed by atoms with van der Waals surface area (Å²) >= 11 is 3.47. The Kier molecular flexibility index (Phi) is 4.29. The second-order valence-electron chi connectivity index (χ2n) is 4.45. The summed E-state index contributed by atoms with van der Waals surface area (Å²) in [6.07, 6.45) is 4.94. The van der Waals surface area contributed by atoms with E-state index in [9.17, 15) is 0 Å². The Morgan fingerprint density at radius 2 is 2.06 bits per heavy atom. The second kappa shape index (κ2) is 5.74. The highest BCUT2D eigenvalue weighted by Crippen LogP contribution is 2.31. The lowest BCUT2D eigenvalue weighted by atomic mass is 9.95. The van der Waals surface area contributed by atoms with E-state index in [0.717, 1.165) is 41.6 Å². The van der Waals surface area contributed by atoms with Crippen molar-refractivity contribution in [2.45, 2.75) is 37.9 Å². The molecule has 0 aliphatic heterocycles. The molecule has 0 aromatic heterocycles. The number of nitrogen functional groups attached to an aromatic ring is 1. The van der Waals surface area contributed by atoms with Crippen LogP contribution >= 0.6 is 15.9 Å². The zero-order chi connectivity index (χ0) is 12.3. The summed E-state index contributed by atoms with van der Waals surface area (Å²) in [4.78, 5) is 0. The van der Waals surface area contributed by atoms with Crippen molar-refractivity contribution >= 4 is 21.6 Å². The first-order valence-electron chi connectivity index (χ1n) is 5.93. The molecular weight excluding hydrogens is 282 g/mol. The zero-order valence-corrected chi connectivity index (χ0v) is 11.6. The van der Waals surface area contributed by atoms with Gasteiger partial charge in [0, 0.05) is 19.2 Å². The standard InChI is InChI=1S/C13H18BrNO2/c1-16-10-3-2-4-11(8-10)17-13-6-5-9(15)7-12(13)14/h5-7,10-11H,2-4,8,15H2,1H3. The molecule has 1 fully saturated rings. The molecule has 2 N–H and O–H groups in total. The Hall–Kier alpha value is -0.740. The van der Waals surface area contributed by atoms with Gasteiger partial charge in [-0.25, -0.2) is 0 Å². The smallest absolute Gasteiger partial charge is 0.134 e. The minimum atomic E-state index is 0.244. The molecule has 1 aromatic carbocycles. The van der Waals surface area contributed by atoms with E-state index in [1.165, 1.54) is 0 Å². The van der Waals surface area contributed by atoms with Gasteiger partial charge in [-0.2, -0.15) is 0 Å². The Morgan fingerprint density at radius 1 is 1.29 bits per heavy atom. The quantitative estimate of drug-likeness (QED) is 0.870. The van der Waals surface area contributed by atoms with E-state index in [-0.39, 0.29) is 6.10 Å². The number of nitrogens with two attached hydrogens (primary N) is 1. The van der Waals surface area contributed by atoms with Crippen molar-refractivity contribution in [1.29, 1.82) is 0 Å². The van der Waals surface area contributed by atoms with Gasteiger partial charge >= 0.3 is 0 Å². The van der Waals surface area contributed by atoms with E-state index in [0.29, 0.717) is 6.10 Å². The van der Waals surface area contributed by atoms with Crippen molar-refractivity contribution in [2.75, 3.05) is 12.8 Å². The van der Waals surface area contributed by atoms with Gasteiger partial charge in [-0.1, -0.05) is 0 Å². The number of hydrogen-bond donors (Lipinski definition) is 1. The first-order valence-corrected chi connectivity index (χ1v) is 6.73.